The molecule has 0 fully saturated rings. The van der Waals surface area contributed by atoms with Gasteiger partial charge in [-0.15, -0.1) is 0 Å². The lowest BCUT2D eigenvalue weighted by Gasteiger charge is -1.98. The molecule has 0 radical (unpaired) electrons. The van der Waals surface area contributed by atoms with Gasteiger partial charge in [-0.05, 0) is 0 Å². The van der Waals surface area contributed by atoms with Crippen LogP contribution in [0.2, 0.25) is 5.02 Å². The Morgan fingerprint density at radius 1 is 1.64 bits per heavy atom. The van der Waals surface area contributed by atoms with E-state index < -0.39 is 0 Å². The van der Waals surface area contributed by atoms with Gasteiger partial charge in [0.15, 0.2) is 6.29 Å². The van der Waals surface area contributed by atoms with E-state index in [1.165, 1.54) is 16.8 Å². The predicted molar refractivity (Wildman–Crippen MR) is 42.1 cm³/mol. The zero-order valence-corrected chi connectivity index (χ0v) is 6.63. The Balaban J connectivity index is 3.44. The molecule has 58 valence electrons. The number of hydrogen-bond donors (Lipinski definition) is 0. The van der Waals surface area contributed by atoms with Crippen LogP contribution in [0.1, 0.15) is 10.4 Å². The van der Waals surface area contributed by atoms with Crippen LogP contribution >= 0.6 is 11.6 Å². The van der Waals surface area contributed by atoms with Crippen molar-refractivity contribution in [1.29, 1.82) is 0 Å². The highest BCUT2D eigenvalue weighted by Gasteiger charge is 2.00. The Bertz CT molecular complexity index is 343. The van der Waals surface area contributed by atoms with Gasteiger partial charge in [-0.3, -0.25) is 9.59 Å². The van der Waals surface area contributed by atoms with E-state index in [1.807, 2.05) is 0 Å². The number of aldehydes is 1. The molecule has 0 atom stereocenters. The van der Waals surface area contributed by atoms with E-state index in [0.717, 1.165) is 0 Å². The van der Waals surface area contributed by atoms with Crippen LogP contribution in [-0.4, -0.2) is 10.9 Å². The van der Waals surface area contributed by atoms with Gasteiger partial charge in [0.1, 0.15) is 0 Å². The molecule has 0 saturated heterocycles. The molecule has 11 heavy (non-hydrogen) atoms. The molecule has 3 nitrogen and oxygen atoms in total. The summed E-state index contributed by atoms with van der Waals surface area (Å²) in [4.78, 5) is 21.2. The Hall–Kier alpha value is -1.09. The first kappa shape index (κ1) is 8.01. The number of nitrogens with zero attached hydrogens (tertiary/aromatic N) is 1. The topological polar surface area (TPSA) is 39.1 Å². The third-order valence-corrected chi connectivity index (χ3v) is 1.65. The number of aryl methyl sites for hydroxylation is 1. The minimum atomic E-state index is -0.239. The fourth-order valence-electron chi connectivity index (χ4n) is 0.702. The fourth-order valence-corrected chi connectivity index (χ4v) is 0.948. The van der Waals surface area contributed by atoms with Crippen LogP contribution in [-0.2, 0) is 7.05 Å². The van der Waals surface area contributed by atoms with Crippen molar-refractivity contribution in [1.82, 2.24) is 4.57 Å². The molecule has 0 aliphatic heterocycles. The van der Waals surface area contributed by atoms with Gasteiger partial charge >= 0.3 is 0 Å². The number of pyridine rings is 1. The fraction of sp³-hybridized carbons (Fsp3) is 0.143. The second-order valence-electron chi connectivity index (χ2n) is 2.14. The van der Waals surface area contributed by atoms with Gasteiger partial charge in [-0.2, -0.15) is 0 Å². The van der Waals surface area contributed by atoms with Gasteiger partial charge in [0.05, 0.1) is 5.02 Å². The number of rotatable bonds is 1. The van der Waals surface area contributed by atoms with Crippen LogP contribution in [0.4, 0.5) is 0 Å². The summed E-state index contributed by atoms with van der Waals surface area (Å²) in [6.45, 7) is 0. The molecule has 0 bridgehead atoms. The van der Waals surface area contributed by atoms with Gasteiger partial charge in [-0.25, -0.2) is 0 Å². The van der Waals surface area contributed by atoms with Crippen LogP contribution in [0.5, 0.6) is 0 Å². The normalized spacial score (nSPS) is 9.64. The summed E-state index contributed by atoms with van der Waals surface area (Å²) >= 11 is 5.61. The van der Waals surface area contributed by atoms with Crippen molar-refractivity contribution in [3.05, 3.63) is 33.2 Å². The smallest absolute Gasteiger partial charge is 0.251 e. The average Bonchev–Trinajstić information content (AvgIpc) is 1.97. The molecular weight excluding hydrogens is 166 g/mol. The van der Waals surface area contributed by atoms with Gasteiger partial charge in [0, 0.05) is 24.9 Å². The lowest BCUT2D eigenvalue weighted by atomic mass is 10.3. The first-order valence-electron chi connectivity index (χ1n) is 2.96. The molecule has 1 aromatic rings. The Morgan fingerprint density at radius 3 is 2.82 bits per heavy atom. The maximum atomic E-state index is 10.9. The van der Waals surface area contributed by atoms with Gasteiger partial charge < -0.3 is 4.57 Å². The summed E-state index contributed by atoms with van der Waals surface area (Å²) in [5.41, 5.74) is -0.00809. The minimum absolute atomic E-state index is 0.231. The molecule has 0 spiro atoms. The molecule has 4 heteroatoms. The van der Waals surface area contributed by atoms with Gasteiger partial charge in [-0.1, -0.05) is 11.6 Å². The SMILES string of the molecule is Cn1cc(Cl)c(C=O)cc1=O. The van der Waals surface area contributed by atoms with Crippen molar-refractivity contribution >= 4 is 17.9 Å². The highest BCUT2D eigenvalue weighted by molar-refractivity contribution is 6.32. The summed E-state index contributed by atoms with van der Waals surface area (Å²) in [6, 6.07) is 1.20. The molecule has 1 rings (SSSR count). The zero-order chi connectivity index (χ0) is 8.43. The van der Waals surface area contributed by atoms with Crippen LogP contribution in [0.15, 0.2) is 17.1 Å². The molecule has 0 amide bonds. The molecule has 0 aromatic carbocycles. The van der Waals surface area contributed by atoms with Crippen LogP contribution < -0.4 is 5.56 Å². The number of halogens is 1. The van der Waals surface area contributed by atoms with Crippen LogP contribution in [0, 0.1) is 0 Å². The van der Waals surface area contributed by atoms with Crippen molar-refractivity contribution in [3.63, 3.8) is 0 Å². The number of aromatic nitrogens is 1. The van der Waals surface area contributed by atoms with Crippen molar-refractivity contribution in [2.75, 3.05) is 0 Å². The first-order chi connectivity index (χ1) is 5.15. The van der Waals surface area contributed by atoms with Crippen molar-refractivity contribution < 1.29 is 4.79 Å². The second kappa shape index (κ2) is 2.88. The summed E-state index contributed by atoms with van der Waals surface area (Å²) in [5.74, 6) is 0. The zero-order valence-electron chi connectivity index (χ0n) is 5.87. The maximum Gasteiger partial charge on any atom is 0.251 e. The molecule has 0 unspecified atom stereocenters. The predicted octanol–water partition coefficient (Wildman–Crippen LogP) is 0.851. The maximum absolute atomic E-state index is 10.9. The first-order valence-corrected chi connectivity index (χ1v) is 3.34. The quantitative estimate of drug-likeness (QED) is 0.588. The van der Waals surface area contributed by atoms with Crippen molar-refractivity contribution in [2.24, 2.45) is 7.05 Å². The number of hydrogen-bond acceptors (Lipinski definition) is 2. The van der Waals surface area contributed by atoms with E-state index in [-0.39, 0.29) is 11.1 Å². The standard InChI is InChI=1S/C7H6ClNO2/c1-9-3-6(8)5(4-10)2-7(9)11/h2-4H,1H3. The summed E-state index contributed by atoms with van der Waals surface area (Å²) in [7, 11) is 1.57. The number of carbonyl (C=O) groups is 1. The van der Waals surface area contributed by atoms with Crippen LogP contribution in [0.3, 0.4) is 0 Å². The Morgan fingerprint density at radius 2 is 2.27 bits per heavy atom. The van der Waals surface area contributed by atoms with E-state index in [0.29, 0.717) is 11.3 Å². The average molecular weight is 172 g/mol. The molecule has 0 aliphatic carbocycles. The molecule has 0 aliphatic rings. The van der Waals surface area contributed by atoms with Gasteiger partial charge in [0.25, 0.3) is 5.56 Å². The van der Waals surface area contributed by atoms with Crippen molar-refractivity contribution in [3.8, 4) is 0 Å². The third-order valence-electron chi connectivity index (χ3n) is 1.34. The van der Waals surface area contributed by atoms with E-state index in [1.54, 1.807) is 7.05 Å². The second-order valence-corrected chi connectivity index (χ2v) is 2.55. The number of carbonyl (C=O) groups excluding carboxylic acids is 1. The molecule has 0 N–H and O–H groups in total. The van der Waals surface area contributed by atoms with Gasteiger partial charge in [0.2, 0.25) is 0 Å². The summed E-state index contributed by atoms with van der Waals surface area (Å²) in [5, 5.41) is 0.294. The van der Waals surface area contributed by atoms with E-state index >= 15 is 0 Å². The van der Waals surface area contributed by atoms with E-state index in [4.69, 9.17) is 11.6 Å². The van der Waals surface area contributed by atoms with Crippen LogP contribution in [0.25, 0.3) is 0 Å². The lowest BCUT2D eigenvalue weighted by Crippen LogP contribution is -2.15. The minimum Gasteiger partial charge on any atom is -0.317 e. The highest BCUT2D eigenvalue weighted by Crippen LogP contribution is 2.09. The molecular formula is C7H6ClNO2. The van der Waals surface area contributed by atoms with E-state index in [9.17, 15) is 9.59 Å². The Kier molecular flexibility index (Phi) is 2.10. The summed E-state index contributed by atoms with van der Waals surface area (Å²) in [6.07, 6.45) is 1.97. The van der Waals surface area contributed by atoms with E-state index in [2.05, 4.69) is 0 Å². The highest BCUT2D eigenvalue weighted by atomic mass is 35.5. The summed E-state index contributed by atoms with van der Waals surface area (Å²) < 4.78 is 1.31. The molecule has 1 heterocycles. The molecule has 1 aromatic heterocycles. The molecule has 0 saturated carbocycles. The Labute approximate surface area is 68.2 Å². The third kappa shape index (κ3) is 1.49. The lowest BCUT2D eigenvalue weighted by molar-refractivity contribution is 0.112. The largest absolute Gasteiger partial charge is 0.317 e. The van der Waals surface area contributed by atoms with Crippen molar-refractivity contribution in [2.45, 2.75) is 0 Å². The monoisotopic (exact) mass is 171 g/mol.